The Hall–Kier alpha value is -2.23. The van der Waals surface area contributed by atoms with E-state index in [1.165, 1.54) is 0 Å². The molecule has 0 radical (unpaired) electrons. The van der Waals surface area contributed by atoms with Gasteiger partial charge in [0.15, 0.2) is 5.78 Å². The molecule has 0 saturated carbocycles. The van der Waals surface area contributed by atoms with E-state index in [1.807, 2.05) is 12.1 Å². The summed E-state index contributed by atoms with van der Waals surface area (Å²) in [6, 6.07) is 7.73. The van der Waals surface area contributed by atoms with Crippen LogP contribution in [0.15, 0.2) is 30.5 Å². The van der Waals surface area contributed by atoms with E-state index in [-0.39, 0.29) is 12.2 Å². The van der Waals surface area contributed by atoms with Gasteiger partial charge in [0.2, 0.25) is 0 Å². The molecule has 0 aliphatic rings. The fraction of sp³-hybridized carbons (Fsp3) is 0.389. The van der Waals surface area contributed by atoms with Crippen molar-refractivity contribution in [3.8, 4) is 0 Å². The molecule has 0 aliphatic heterocycles. The largest absolute Gasteiger partial charge is 0.481 e. The molecular weight excluding hydrogens is 278 g/mol. The van der Waals surface area contributed by atoms with Crippen LogP contribution in [0.2, 0.25) is 0 Å². The molecule has 1 aromatic heterocycles. The van der Waals surface area contributed by atoms with Crippen molar-refractivity contribution < 1.29 is 14.7 Å². The van der Waals surface area contributed by atoms with E-state index >= 15 is 0 Å². The predicted octanol–water partition coefficient (Wildman–Crippen LogP) is 4.02. The summed E-state index contributed by atoms with van der Waals surface area (Å²) in [5.41, 5.74) is 2.72. The third kappa shape index (κ3) is 3.91. The monoisotopic (exact) mass is 299 g/mol. The summed E-state index contributed by atoms with van der Waals surface area (Å²) in [6.07, 6.45) is 5.24. The van der Waals surface area contributed by atoms with Crippen molar-refractivity contribution in [2.24, 2.45) is 0 Å². The number of unbranched alkanes of at least 4 members (excludes halogenated alkanes) is 1. The Kier molecular flexibility index (Phi) is 5.64. The summed E-state index contributed by atoms with van der Waals surface area (Å²) in [6.45, 7) is 2.11. The van der Waals surface area contributed by atoms with Crippen LogP contribution in [0.1, 0.15) is 54.9 Å². The number of Topliss-reactive ketones (excluding diaryl/α,β-unsaturated/α-hetero) is 1. The molecule has 2 aromatic rings. The summed E-state index contributed by atoms with van der Waals surface area (Å²) in [4.78, 5) is 27.4. The van der Waals surface area contributed by atoms with E-state index in [0.717, 1.165) is 29.3 Å². The van der Waals surface area contributed by atoms with Crippen molar-refractivity contribution in [1.29, 1.82) is 0 Å². The zero-order valence-electron chi connectivity index (χ0n) is 12.8. The Morgan fingerprint density at radius 3 is 2.64 bits per heavy atom. The number of hydrogen-bond donors (Lipinski definition) is 1. The molecule has 116 valence electrons. The molecule has 0 atom stereocenters. The number of aromatic nitrogens is 1. The number of carbonyl (C=O) groups excluding carboxylic acids is 1. The number of pyridine rings is 1. The Labute approximate surface area is 130 Å². The second-order valence-corrected chi connectivity index (χ2v) is 5.44. The number of nitrogens with zero attached hydrogens (tertiary/aromatic N) is 1. The molecule has 4 nitrogen and oxygen atoms in total. The molecule has 0 bridgehead atoms. The molecule has 4 heteroatoms. The first kappa shape index (κ1) is 16.1. The molecule has 0 saturated heterocycles. The highest BCUT2D eigenvalue weighted by atomic mass is 16.4. The molecule has 1 heterocycles. The van der Waals surface area contributed by atoms with Gasteiger partial charge in [0.1, 0.15) is 0 Å². The van der Waals surface area contributed by atoms with Gasteiger partial charge in [0.25, 0.3) is 0 Å². The summed E-state index contributed by atoms with van der Waals surface area (Å²) in [7, 11) is 0. The molecule has 0 amide bonds. The van der Waals surface area contributed by atoms with Crippen LogP contribution < -0.4 is 0 Å². The number of ketones is 1. The molecule has 0 spiro atoms. The minimum absolute atomic E-state index is 0.0707. The Morgan fingerprint density at radius 1 is 1.14 bits per heavy atom. The second kappa shape index (κ2) is 7.69. The maximum Gasteiger partial charge on any atom is 0.303 e. The lowest BCUT2D eigenvalue weighted by Gasteiger charge is -2.10. The van der Waals surface area contributed by atoms with Crippen LogP contribution >= 0.6 is 0 Å². The molecule has 0 fully saturated rings. The number of carboxylic acid groups (broad SMARTS) is 1. The first-order valence-corrected chi connectivity index (χ1v) is 7.75. The number of aryl methyl sites for hydroxylation is 1. The first-order chi connectivity index (χ1) is 10.6. The van der Waals surface area contributed by atoms with E-state index in [2.05, 4.69) is 18.0 Å². The van der Waals surface area contributed by atoms with Crippen molar-refractivity contribution in [3.63, 3.8) is 0 Å². The van der Waals surface area contributed by atoms with Gasteiger partial charge < -0.3 is 5.11 Å². The van der Waals surface area contributed by atoms with Gasteiger partial charge in [0, 0.05) is 30.0 Å². The van der Waals surface area contributed by atoms with E-state index < -0.39 is 5.97 Å². The number of carbonyl (C=O) groups is 2. The molecule has 1 N–H and O–H groups in total. The van der Waals surface area contributed by atoms with Gasteiger partial charge in [-0.3, -0.25) is 14.6 Å². The number of fused-ring (bicyclic) bond motifs is 1. The number of hydrogen-bond acceptors (Lipinski definition) is 3. The third-order valence-electron chi connectivity index (χ3n) is 3.72. The maximum absolute atomic E-state index is 12.5. The van der Waals surface area contributed by atoms with Crippen LogP contribution in [0.5, 0.6) is 0 Å². The summed E-state index contributed by atoms with van der Waals surface area (Å²) < 4.78 is 0. The highest BCUT2D eigenvalue weighted by Crippen LogP contribution is 2.24. The van der Waals surface area contributed by atoms with Crippen molar-refractivity contribution >= 4 is 22.7 Å². The molecule has 22 heavy (non-hydrogen) atoms. The normalized spacial score (nSPS) is 10.8. The van der Waals surface area contributed by atoms with Gasteiger partial charge in [-0.2, -0.15) is 0 Å². The van der Waals surface area contributed by atoms with E-state index in [0.29, 0.717) is 24.8 Å². The molecule has 0 aliphatic carbocycles. The number of aliphatic carboxylic acids is 1. The van der Waals surface area contributed by atoms with E-state index in [4.69, 9.17) is 5.11 Å². The summed E-state index contributed by atoms with van der Waals surface area (Å²) >= 11 is 0. The zero-order valence-corrected chi connectivity index (χ0v) is 12.8. The second-order valence-electron chi connectivity index (χ2n) is 5.44. The standard InChI is InChI=1S/C18H21NO3/c1-2-6-13-7-5-8-15-18(13)14(11-12-19-15)16(20)9-3-4-10-17(21)22/h5,7-8,11-12H,2-4,6,9-10H2,1H3,(H,21,22). The van der Waals surface area contributed by atoms with Gasteiger partial charge >= 0.3 is 5.97 Å². The lowest BCUT2D eigenvalue weighted by atomic mass is 9.95. The van der Waals surface area contributed by atoms with E-state index in [1.54, 1.807) is 12.3 Å². The first-order valence-electron chi connectivity index (χ1n) is 7.75. The van der Waals surface area contributed by atoms with Crippen LogP contribution in [0, 0.1) is 0 Å². The molecular formula is C18H21NO3. The van der Waals surface area contributed by atoms with Gasteiger partial charge in [-0.15, -0.1) is 0 Å². The number of carboxylic acids is 1. The minimum atomic E-state index is -0.813. The predicted molar refractivity (Wildman–Crippen MR) is 86.2 cm³/mol. The molecule has 0 unspecified atom stereocenters. The Bertz CT molecular complexity index is 674. The maximum atomic E-state index is 12.5. The van der Waals surface area contributed by atoms with Crippen LogP contribution in [0.4, 0.5) is 0 Å². The summed E-state index contributed by atoms with van der Waals surface area (Å²) in [5, 5.41) is 9.59. The van der Waals surface area contributed by atoms with Crippen LogP contribution in [-0.4, -0.2) is 21.8 Å². The summed E-state index contributed by atoms with van der Waals surface area (Å²) in [5.74, 6) is -0.742. The van der Waals surface area contributed by atoms with Crippen LogP contribution in [0.3, 0.4) is 0 Å². The van der Waals surface area contributed by atoms with Gasteiger partial charge in [-0.25, -0.2) is 0 Å². The minimum Gasteiger partial charge on any atom is -0.481 e. The van der Waals surface area contributed by atoms with Crippen LogP contribution in [0.25, 0.3) is 10.9 Å². The van der Waals surface area contributed by atoms with Crippen molar-refractivity contribution in [2.45, 2.75) is 45.4 Å². The average Bonchev–Trinajstić information content (AvgIpc) is 2.51. The molecule has 1 aromatic carbocycles. The third-order valence-corrected chi connectivity index (χ3v) is 3.72. The highest BCUT2D eigenvalue weighted by Gasteiger charge is 2.13. The highest BCUT2D eigenvalue weighted by molar-refractivity contribution is 6.08. The average molecular weight is 299 g/mol. The zero-order chi connectivity index (χ0) is 15.9. The SMILES string of the molecule is CCCc1cccc2nccc(C(=O)CCCCC(=O)O)c12. The Morgan fingerprint density at radius 2 is 1.91 bits per heavy atom. The lowest BCUT2D eigenvalue weighted by Crippen LogP contribution is -2.03. The quantitative estimate of drug-likeness (QED) is 0.590. The smallest absolute Gasteiger partial charge is 0.303 e. The van der Waals surface area contributed by atoms with Gasteiger partial charge in [-0.05, 0) is 37.0 Å². The fourth-order valence-electron chi connectivity index (χ4n) is 2.69. The Balaban J connectivity index is 2.22. The number of rotatable bonds is 8. The van der Waals surface area contributed by atoms with Crippen molar-refractivity contribution in [2.75, 3.05) is 0 Å². The van der Waals surface area contributed by atoms with E-state index in [9.17, 15) is 9.59 Å². The topological polar surface area (TPSA) is 67.3 Å². The van der Waals surface area contributed by atoms with Crippen molar-refractivity contribution in [1.82, 2.24) is 4.98 Å². The van der Waals surface area contributed by atoms with Crippen LogP contribution in [-0.2, 0) is 11.2 Å². The molecule has 2 rings (SSSR count). The fourth-order valence-corrected chi connectivity index (χ4v) is 2.69. The number of benzene rings is 1. The van der Waals surface area contributed by atoms with Gasteiger partial charge in [-0.1, -0.05) is 25.5 Å². The lowest BCUT2D eigenvalue weighted by molar-refractivity contribution is -0.137. The van der Waals surface area contributed by atoms with Crippen molar-refractivity contribution in [3.05, 3.63) is 41.6 Å². The van der Waals surface area contributed by atoms with Gasteiger partial charge in [0.05, 0.1) is 5.52 Å².